The summed E-state index contributed by atoms with van der Waals surface area (Å²) in [4.78, 5) is 21.4. The molecule has 3 rings (SSSR count). The fourth-order valence-corrected chi connectivity index (χ4v) is 3.60. The second kappa shape index (κ2) is 13.9. The number of nitrogens with zero attached hydrogens (tertiary/aromatic N) is 3. The van der Waals surface area contributed by atoms with Crippen molar-refractivity contribution in [3.8, 4) is 5.75 Å². The number of guanidine groups is 1. The third-order valence-electron chi connectivity index (χ3n) is 5.33. The summed E-state index contributed by atoms with van der Waals surface area (Å²) >= 11 is 0. The van der Waals surface area contributed by atoms with Crippen molar-refractivity contribution < 1.29 is 13.9 Å². The normalized spacial score (nSPS) is 13.8. The second-order valence-electron chi connectivity index (χ2n) is 7.56. The molecular weight excluding hydrogens is 536 g/mol. The van der Waals surface area contributed by atoms with Gasteiger partial charge in [0.2, 0.25) is 5.91 Å². The molecule has 7 nitrogen and oxygen atoms in total. The highest BCUT2D eigenvalue weighted by molar-refractivity contribution is 14.0. The number of anilines is 1. The maximum atomic E-state index is 13.0. The lowest BCUT2D eigenvalue weighted by Crippen LogP contribution is -2.52. The van der Waals surface area contributed by atoms with Gasteiger partial charge >= 0.3 is 0 Å². The Labute approximate surface area is 212 Å². The Morgan fingerprint density at radius 3 is 2.30 bits per heavy atom. The molecule has 0 radical (unpaired) electrons. The predicted molar refractivity (Wildman–Crippen MR) is 141 cm³/mol. The molecular formula is C24H33FIN5O2. The molecule has 2 N–H and O–H groups in total. The standard InChI is InChI=1S/C24H32FN5O2.HI/c1-3-26-24(28-13-12-27-23(31)18-19-4-6-20(25)7-5-19)30-16-14-29(15-17-30)21-8-10-22(32-2)11-9-21;/h4-11H,3,12-18H2,1-2H3,(H,26,28)(H,27,31);1H. The first-order chi connectivity index (χ1) is 15.6. The number of amides is 1. The summed E-state index contributed by atoms with van der Waals surface area (Å²) in [6, 6.07) is 14.1. The molecule has 1 amide bonds. The van der Waals surface area contributed by atoms with Crippen molar-refractivity contribution in [2.75, 3.05) is 57.8 Å². The van der Waals surface area contributed by atoms with Crippen LogP contribution >= 0.6 is 24.0 Å². The SMILES string of the molecule is CCNC(=NCCNC(=O)Cc1ccc(F)cc1)N1CCN(c2ccc(OC)cc2)CC1.I. The third kappa shape index (κ3) is 8.38. The van der Waals surface area contributed by atoms with Gasteiger partial charge in [0.1, 0.15) is 11.6 Å². The molecule has 180 valence electrons. The molecule has 9 heteroatoms. The summed E-state index contributed by atoms with van der Waals surface area (Å²) in [6.07, 6.45) is 0.234. The molecule has 0 atom stereocenters. The molecule has 0 saturated carbocycles. The van der Waals surface area contributed by atoms with Crippen LogP contribution in [0.4, 0.5) is 10.1 Å². The minimum absolute atomic E-state index is 0. The minimum Gasteiger partial charge on any atom is -0.497 e. The van der Waals surface area contributed by atoms with Crippen molar-refractivity contribution in [3.05, 3.63) is 59.9 Å². The molecule has 1 aliphatic rings. The van der Waals surface area contributed by atoms with E-state index in [2.05, 4.69) is 37.6 Å². The number of carbonyl (C=O) groups is 1. The molecule has 0 spiro atoms. The van der Waals surface area contributed by atoms with Crippen LogP contribution in [-0.2, 0) is 11.2 Å². The fourth-order valence-electron chi connectivity index (χ4n) is 3.60. The monoisotopic (exact) mass is 569 g/mol. The first-order valence-electron chi connectivity index (χ1n) is 11.0. The van der Waals surface area contributed by atoms with Crippen molar-refractivity contribution >= 4 is 41.5 Å². The minimum atomic E-state index is -0.302. The number of methoxy groups -OCH3 is 1. The Hall–Kier alpha value is -2.56. The molecule has 1 aliphatic heterocycles. The molecule has 2 aromatic carbocycles. The number of carbonyl (C=O) groups excluding carboxylic acids is 1. The summed E-state index contributed by atoms with van der Waals surface area (Å²) in [5.41, 5.74) is 1.98. The molecule has 1 heterocycles. The van der Waals surface area contributed by atoms with E-state index in [1.165, 1.54) is 17.8 Å². The lowest BCUT2D eigenvalue weighted by Gasteiger charge is -2.37. The summed E-state index contributed by atoms with van der Waals surface area (Å²) in [7, 11) is 1.67. The lowest BCUT2D eigenvalue weighted by molar-refractivity contribution is -0.120. The van der Waals surface area contributed by atoms with Gasteiger partial charge in [-0.15, -0.1) is 24.0 Å². The van der Waals surface area contributed by atoms with Crippen LogP contribution in [0.3, 0.4) is 0 Å². The van der Waals surface area contributed by atoms with Crippen LogP contribution in [0.1, 0.15) is 12.5 Å². The summed E-state index contributed by atoms with van der Waals surface area (Å²) in [5, 5.41) is 6.23. The molecule has 0 aliphatic carbocycles. The Morgan fingerprint density at radius 1 is 1.03 bits per heavy atom. The Morgan fingerprint density at radius 2 is 1.70 bits per heavy atom. The van der Waals surface area contributed by atoms with Gasteiger partial charge in [-0.05, 0) is 48.9 Å². The van der Waals surface area contributed by atoms with Gasteiger partial charge in [0.25, 0.3) is 0 Å². The van der Waals surface area contributed by atoms with E-state index in [0.29, 0.717) is 13.1 Å². The predicted octanol–water partition coefficient (Wildman–Crippen LogP) is 2.90. The van der Waals surface area contributed by atoms with E-state index < -0.39 is 0 Å². The molecule has 1 saturated heterocycles. The molecule has 1 fully saturated rings. The quantitative estimate of drug-likeness (QED) is 0.222. The Kier molecular flexibility index (Phi) is 11.2. The average molecular weight is 569 g/mol. The van der Waals surface area contributed by atoms with Crippen LogP contribution in [0.25, 0.3) is 0 Å². The maximum absolute atomic E-state index is 13.0. The molecule has 0 bridgehead atoms. The highest BCUT2D eigenvalue weighted by atomic mass is 127. The van der Waals surface area contributed by atoms with Gasteiger partial charge in [-0.1, -0.05) is 12.1 Å². The van der Waals surface area contributed by atoms with Crippen molar-refractivity contribution in [2.45, 2.75) is 13.3 Å². The zero-order chi connectivity index (χ0) is 22.8. The third-order valence-corrected chi connectivity index (χ3v) is 5.33. The number of piperazine rings is 1. The number of benzene rings is 2. The van der Waals surface area contributed by atoms with E-state index in [9.17, 15) is 9.18 Å². The topological polar surface area (TPSA) is 69.2 Å². The zero-order valence-electron chi connectivity index (χ0n) is 19.2. The number of nitrogens with one attached hydrogen (secondary N) is 2. The first kappa shape index (κ1) is 26.7. The largest absolute Gasteiger partial charge is 0.497 e. The average Bonchev–Trinajstić information content (AvgIpc) is 2.83. The summed E-state index contributed by atoms with van der Waals surface area (Å²) < 4.78 is 18.2. The van der Waals surface area contributed by atoms with Gasteiger partial charge in [0.15, 0.2) is 5.96 Å². The molecule has 0 aromatic heterocycles. The second-order valence-corrected chi connectivity index (χ2v) is 7.56. The summed E-state index contributed by atoms with van der Waals surface area (Å²) in [5.74, 6) is 1.34. The van der Waals surface area contributed by atoms with Gasteiger partial charge in [-0.25, -0.2) is 4.39 Å². The number of hydrogen-bond acceptors (Lipinski definition) is 4. The van der Waals surface area contributed by atoms with Gasteiger partial charge in [-0.2, -0.15) is 0 Å². The van der Waals surface area contributed by atoms with Crippen molar-refractivity contribution in [2.24, 2.45) is 4.99 Å². The van der Waals surface area contributed by atoms with Gasteiger partial charge in [-0.3, -0.25) is 9.79 Å². The number of halogens is 2. The van der Waals surface area contributed by atoms with E-state index in [1.807, 2.05) is 19.1 Å². The smallest absolute Gasteiger partial charge is 0.224 e. The van der Waals surface area contributed by atoms with Gasteiger partial charge < -0.3 is 25.2 Å². The first-order valence-corrected chi connectivity index (χ1v) is 11.0. The Bertz CT molecular complexity index is 885. The van der Waals surface area contributed by atoms with Crippen molar-refractivity contribution in [1.29, 1.82) is 0 Å². The van der Waals surface area contributed by atoms with E-state index in [0.717, 1.165) is 50.0 Å². The highest BCUT2D eigenvalue weighted by Gasteiger charge is 2.19. The number of ether oxygens (including phenoxy) is 1. The number of aliphatic imine (C=N–C) groups is 1. The highest BCUT2D eigenvalue weighted by Crippen LogP contribution is 2.20. The van der Waals surface area contributed by atoms with E-state index >= 15 is 0 Å². The van der Waals surface area contributed by atoms with Crippen LogP contribution in [-0.4, -0.2) is 69.7 Å². The maximum Gasteiger partial charge on any atom is 0.224 e. The van der Waals surface area contributed by atoms with E-state index in [4.69, 9.17) is 4.74 Å². The van der Waals surface area contributed by atoms with Gasteiger partial charge in [0.05, 0.1) is 20.1 Å². The van der Waals surface area contributed by atoms with Crippen molar-refractivity contribution in [3.63, 3.8) is 0 Å². The molecule has 0 unspecified atom stereocenters. The zero-order valence-corrected chi connectivity index (χ0v) is 21.6. The van der Waals surface area contributed by atoms with E-state index in [-0.39, 0.29) is 42.1 Å². The van der Waals surface area contributed by atoms with Crippen LogP contribution in [0.5, 0.6) is 5.75 Å². The number of rotatable bonds is 8. The van der Waals surface area contributed by atoms with Crippen LogP contribution in [0.2, 0.25) is 0 Å². The summed E-state index contributed by atoms with van der Waals surface area (Å²) in [6.45, 7) is 7.35. The number of hydrogen-bond donors (Lipinski definition) is 2. The molecule has 2 aromatic rings. The van der Waals surface area contributed by atoms with Crippen LogP contribution in [0.15, 0.2) is 53.5 Å². The molecule has 33 heavy (non-hydrogen) atoms. The lowest BCUT2D eigenvalue weighted by atomic mass is 10.1. The Balaban J connectivity index is 0.00000385. The van der Waals surface area contributed by atoms with Crippen LogP contribution in [0, 0.1) is 5.82 Å². The van der Waals surface area contributed by atoms with Crippen LogP contribution < -0.4 is 20.3 Å². The fraction of sp³-hybridized carbons (Fsp3) is 0.417. The van der Waals surface area contributed by atoms with Crippen molar-refractivity contribution in [1.82, 2.24) is 15.5 Å². The van der Waals surface area contributed by atoms with E-state index in [1.54, 1.807) is 19.2 Å². The van der Waals surface area contributed by atoms with Gasteiger partial charge in [0, 0.05) is 45.0 Å².